The first-order chi connectivity index (χ1) is 13.8. The first-order valence-electron chi connectivity index (χ1n) is 9.53. The van der Waals surface area contributed by atoms with Gasteiger partial charge in [0.1, 0.15) is 5.01 Å². The Labute approximate surface area is 167 Å². The summed E-state index contributed by atoms with van der Waals surface area (Å²) in [6, 6.07) is 13.8. The molecule has 2 heterocycles. The van der Waals surface area contributed by atoms with E-state index in [1.807, 2.05) is 42.5 Å². The number of nitrogens with one attached hydrogen (secondary N) is 1. The summed E-state index contributed by atoms with van der Waals surface area (Å²) in [5, 5.41) is 5.97. The number of aromatic nitrogens is 1. The van der Waals surface area contributed by atoms with Crippen molar-refractivity contribution in [2.75, 3.05) is 18.5 Å². The second kappa shape index (κ2) is 7.28. The van der Waals surface area contributed by atoms with Crippen LogP contribution >= 0.6 is 11.3 Å². The molecule has 5 nitrogen and oxygen atoms in total. The molecule has 1 aliphatic heterocycles. The van der Waals surface area contributed by atoms with Crippen LogP contribution in [0.5, 0.6) is 11.5 Å². The number of fused-ring (bicyclic) bond motifs is 1. The molecule has 1 aliphatic carbocycles. The molecule has 0 atom stereocenters. The SMILES string of the molecule is O=C(Nc1ccc(-c2nc(-c3ccc4c(c3)OCCCO4)cs2)cc1)C1CC1. The first kappa shape index (κ1) is 17.3. The highest BCUT2D eigenvalue weighted by Gasteiger charge is 2.29. The number of carbonyl (C=O) groups is 1. The van der Waals surface area contributed by atoms with Crippen molar-refractivity contribution < 1.29 is 14.3 Å². The van der Waals surface area contributed by atoms with Crippen molar-refractivity contribution in [1.29, 1.82) is 0 Å². The lowest BCUT2D eigenvalue weighted by molar-refractivity contribution is -0.117. The zero-order chi connectivity index (χ0) is 18.9. The summed E-state index contributed by atoms with van der Waals surface area (Å²) >= 11 is 1.60. The van der Waals surface area contributed by atoms with Gasteiger partial charge < -0.3 is 14.8 Å². The molecular formula is C22H20N2O3S. The van der Waals surface area contributed by atoms with Crippen molar-refractivity contribution in [1.82, 2.24) is 4.98 Å². The number of ether oxygens (including phenoxy) is 2. The van der Waals surface area contributed by atoms with Gasteiger partial charge in [-0.1, -0.05) is 0 Å². The molecule has 3 aromatic rings. The summed E-state index contributed by atoms with van der Waals surface area (Å²) in [7, 11) is 0. The Balaban J connectivity index is 1.34. The Bertz CT molecular complexity index is 1010. The van der Waals surface area contributed by atoms with Crippen LogP contribution < -0.4 is 14.8 Å². The van der Waals surface area contributed by atoms with Crippen molar-refractivity contribution in [2.24, 2.45) is 5.92 Å². The van der Waals surface area contributed by atoms with Crippen molar-refractivity contribution >= 4 is 22.9 Å². The number of anilines is 1. The Morgan fingerprint density at radius 2 is 1.75 bits per heavy atom. The van der Waals surface area contributed by atoms with Crippen molar-refractivity contribution in [3.8, 4) is 33.3 Å². The van der Waals surface area contributed by atoms with Crippen LogP contribution in [-0.4, -0.2) is 24.1 Å². The predicted molar refractivity (Wildman–Crippen MR) is 110 cm³/mol. The van der Waals surface area contributed by atoms with Gasteiger partial charge >= 0.3 is 0 Å². The number of nitrogens with zero attached hydrogens (tertiary/aromatic N) is 1. The van der Waals surface area contributed by atoms with E-state index in [0.29, 0.717) is 13.2 Å². The lowest BCUT2D eigenvalue weighted by atomic mass is 10.1. The van der Waals surface area contributed by atoms with Crippen LogP contribution in [0.2, 0.25) is 0 Å². The van der Waals surface area contributed by atoms with Crippen LogP contribution in [0.4, 0.5) is 5.69 Å². The monoisotopic (exact) mass is 392 g/mol. The molecule has 1 N–H and O–H groups in total. The number of rotatable bonds is 4. The van der Waals surface area contributed by atoms with Gasteiger partial charge in [-0.3, -0.25) is 4.79 Å². The van der Waals surface area contributed by atoms with E-state index in [1.165, 1.54) is 0 Å². The van der Waals surface area contributed by atoms with Crippen LogP contribution in [0, 0.1) is 5.92 Å². The molecule has 1 saturated carbocycles. The highest BCUT2D eigenvalue weighted by Crippen LogP contribution is 2.36. The van der Waals surface area contributed by atoms with Crippen LogP contribution in [-0.2, 0) is 4.79 Å². The maximum atomic E-state index is 11.9. The van der Waals surface area contributed by atoms with E-state index in [-0.39, 0.29) is 11.8 Å². The second-order valence-electron chi connectivity index (χ2n) is 7.09. The Kier molecular flexibility index (Phi) is 4.49. The zero-order valence-corrected chi connectivity index (χ0v) is 16.1. The fourth-order valence-corrected chi connectivity index (χ4v) is 3.98. The molecular weight excluding hydrogens is 372 g/mol. The third kappa shape index (κ3) is 3.60. The van der Waals surface area contributed by atoms with Crippen LogP contribution in [0.3, 0.4) is 0 Å². The lowest BCUT2D eigenvalue weighted by Crippen LogP contribution is -2.12. The Morgan fingerprint density at radius 1 is 1.00 bits per heavy atom. The highest BCUT2D eigenvalue weighted by molar-refractivity contribution is 7.13. The van der Waals surface area contributed by atoms with Crippen LogP contribution in [0.1, 0.15) is 19.3 Å². The number of hydrogen-bond donors (Lipinski definition) is 1. The zero-order valence-electron chi connectivity index (χ0n) is 15.3. The maximum Gasteiger partial charge on any atom is 0.227 e. The molecule has 0 unspecified atom stereocenters. The largest absolute Gasteiger partial charge is 0.490 e. The van der Waals surface area contributed by atoms with Crippen molar-refractivity contribution in [2.45, 2.75) is 19.3 Å². The minimum Gasteiger partial charge on any atom is -0.490 e. The van der Waals surface area contributed by atoms with Gasteiger partial charge in [0.05, 0.1) is 18.9 Å². The van der Waals surface area contributed by atoms with Gasteiger partial charge in [-0.2, -0.15) is 0 Å². The number of carbonyl (C=O) groups excluding carboxylic acids is 1. The summed E-state index contributed by atoms with van der Waals surface area (Å²) in [5.41, 5.74) is 3.80. The standard InChI is InChI=1S/C22H20N2O3S/c25-21(14-2-3-14)23-17-7-4-15(5-8-17)22-24-18(13-28-22)16-6-9-19-20(12-16)27-11-1-10-26-19/h4-9,12-14H,1-3,10-11H2,(H,23,25). The third-order valence-electron chi connectivity index (χ3n) is 4.89. The van der Waals surface area contributed by atoms with Crippen molar-refractivity contribution in [3.63, 3.8) is 0 Å². The third-order valence-corrected chi connectivity index (χ3v) is 5.79. The van der Waals surface area contributed by atoms with E-state index in [4.69, 9.17) is 14.5 Å². The minimum absolute atomic E-state index is 0.124. The molecule has 0 bridgehead atoms. The molecule has 0 radical (unpaired) electrons. The van der Waals surface area contributed by atoms with Gasteiger partial charge in [0.25, 0.3) is 0 Å². The average molecular weight is 392 g/mol. The molecule has 1 aromatic heterocycles. The lowest BCUT2D eigenvalue weighted by Gasteiger charge is -2.08. The van der Waals surface area contributed by atoms with E-state index >= 15 is 0 Å². The van der Waals surface area contributed by atoms with Gasteiger partial charge in [0.2, 0.25) is 5.91 Å². The summed E-state index contributed by atoms with van der Waals surface area (Å²) in [6.45, 7) is 1.35. The molecule has 2 aliphatic rings. The minimum atomic E-state index is 0.124. The predicted octanol–water partition coefficient (Wildman–Crippen LogP) is 4.99. The first-order valence-corrected chi connectivity index (χ1v) is 10.4. The van der Waals surface area contributed by atoms with Crippen LogP contribution in [0.15, 0.2) is 47.8 Å². The number of thiazole rings is 1. The van der Waals surface area contributed by atoms with E-state index in [9.17, 15) is 4.79 Å². The Hall–Kier alpha value is -2.86. The Morgan fingerprint density at radius 3 is 2.54 bits per heavy atom. The highest BCUT2D eigenvalue weighted by atomic mass is 32.1. The summed E-state index contributed by atoms with van der Waals surface area (Å²) < 4.78 is 11.5. The van der Waals surface area contributed by atoms with Gasteiger partial charge in [-0.05, 0) is 55.3 Å². The van der Waals surface area contributed by atoms with Crippen molar-refractivity contribution in [3.05, 3.63) is 47.8 Å². The summed E-state index contributed by atoms with van der Waals surface area (Å²) in [6.07, 6.45) is 2.90. The molecule has 0 saturated heterocycles. The average Bonchev–Trinajstić information content (AvgIpc) is 3.50. The van der Waals surface area contributed by atoms with Gasteiger partial charge in [0, 0.05) is 34.5 Å². The molecule has 2 aromatic carbocycles. The van der Waals surface area contributed by atoms with E-state index < -0.39 is 0 Å². The molecule has 28 heavy (non-hydrogen) atoms. The van der Waals surface area contributed by atoms with Gasteiger partial charge in [-0.25, -0.2) is 4.98 Å². The van der Waals surface area contributed by atoms with E-state index in [0.717, 1.165) is 58.3 Å². The topological polar surface area (TPSA) is 60.5 Å². The number of hydrogen-bond acceptors (Lipinski definition) is 5. The molecule has 0 spiro atoms. The molecule has 5 rings (SSSR count). The van der Waals surface area contributed by atoms with Gasteiger partial charge in [0.15, 0.2) is 11.5 Å². The summed E-state index contributed by atoms with van der Waals surface area (Å²) in [4.78, 5) is 16.7. The fourth-order valence-electron chi connectivity index (χ4n) is 3.15. The molecule has 6 heteroatoms. The quantitative estimate of drug-likeness (QED) is 0.680. The second-order valence-corrected chi connectivity index (χ2v) is 7.95. The molecule has 142 valence electrons. The van der Waals surface area contributed by atoms with Crippen LogP contribution in [0.25, 0.3) is 21.8 Å². The number of amides is 1. The summed E-state index contributed by atoms with van der Waals surface area (Å²) in [5.74, 6) is 1.90. The smallest absolute Gasteiger partial charge is 0.227 e. The molecule has 1 amide bonds. The molecule has 1 fully saturated rings. The normalized spacial score (nSPS) is 15.7. The maximum absolute atomic E-state index is 11.9. The van der Waals surface area contributed by atoms with Gasteiger partial charge in [-0.15, -0.1) is 11.3 Å². The van der Waals surface area contributed by atoms with E-state index in [1.54, 1.807) is 11.3 Å². The fraction of sp³-hybridized carbons (Fsp3) is 0.273. The number of benzene rings is 2. The van der Waals surface area contributed by atoms with E-state index in [2.05, 4.69) is 10.7 Å².